The molecule has 0 saturated carbocycles. The number of methoxy groups -OCH3 is 1. The number of nitrogens with zero attached hydrogens (tertiary/aromatic N) is 5. The molecule has 2 N–H and O–H groups in total. The average Bonchev–Trinajstić information content (AvgIpc) is 3.19. The van der Waals surface area contributed by atoms with E-state index in [0.29, 0.717) is 34.9 Å². The topological polar surface area (TPSA) is 105 Å². The van der Waals surface area contributed by atoms with Crippen LogP contribution in [0.2, 0.25) is 0 Å². The van der Waals surface area contributed by atoms with Crippen molar-refractivity contribution in [2.24, 2.45) is 0 Å². The first kappa shape index (κ1) is 15.3. The Bertz CT molecular complexity index is 783. The van der Waals surface area contributed by atoms with Crippen molar-refractivity contribution in [2.75, 3.05) is 13.0 Å². The van der Waals surface area contributed by atoms with Crippen molar-refractivity contribution in [1.82, 2.24) is 25.1 Å². The molecule has 0 aliphatic heterocycles. The maximum atomic E-state index is 6.07. The summed E-state index contributed by atoms with van der Waals surface area (Å²) < 4.78 is 12.0. The zero-order chi connectivity index (χ0) is 16.2. The van der Waals surface area contributed by atoms with Gasteiger partial charge in [0.25, 0.3) is 0 Å². The molecule has 0 saturated heterocycles. The lowest BCUT2D eigenvalue weighted by molar-refractivity contribution is 0.415. The van der Waals surface area contributed by atoms with E-state index >= 15 is 0 Å². The van der Waals surface area contributed by atoms with Gasteiger partial charge >= 0.3 is 0 Å². The molecule has 0 unspecified atom stereocenters. The molecule has 8 nitrogen and oxygen atoms in total. The van der Waals surface area contributed by atoms with Gasteiger partial charge in [-0.15, -0.1) is 20.4 Å². The van der Waals surface area contributed by atoms with Crippen molar-refractivity contribution in [2.45, 2.75) is 24.3 Å². The third kappa shape index (κ3) is 3.29. The van der Waals surface area contributed by atoms with Gasteiger partial charge in [-0.2, -0.15) is 0 Å². The largest absolute Gasteiger partial charge is 0.497 e. The first-order chi connectivity index (χ1) is 11.2. The van der Waals surface area contributed by atoms with Gasteiger partial charge in [0, 0.05) is 12.0 Å². The minimum absolute atomic E-state index is 0.491. The lowest BCUT2D eigenvalue weighted by Gasteiger charge is -2.04. The smallest absolute Gasteiger partial charge is 0.226 e. The van der Waals surface area contributed by atoms with Gasteiger partial charge in [0.2, 0.25) is 16.9 Å². The highest BCUT2D eigenvalue weighted by Crippen LogP contribution is 2.25. The zero-order valence-electron chi connectivity index (χ0n) is 12.8. The van der Waals surface area contributed by atoms with Crippen LogP contribution in [-0.4, -0.2) is 32.2 Å². The zero-order valence-corrected chi connectivity index (χ0v) is 13.6. The van der Waals surface area contributed by atoms with Gasteiger partial charge in [-0.1, -0.05) is 18.7 Å². The fraction of sp³-hybridized carbons (Fsp3) is 0.286. The third-order valence-electron chi connectivity index (χ3n) is 3.15. The Balaban J connectivity index is 1.73. The number of aryl methyl sites for hydroxylation is 1. The first-order valence-electron chi connectivity index (χ1n) is 7.00. The van der Waals surface area contributed by atoms with Crippen LogP contribution in [0.4, 0.5) is 0 Å². The SMILES string of the molecule is CCc1nnc(CSc2nnc(-c3ccc(OC)cc3)n2N)o1. The standard InChI is InChI=1S/C14H16N6O2S/c1-3-11-16-17-12(22-11)8-23-14-19-18-13(20(14)15)9-4-6-10(21-2)7-5-9/h4-7H,3,8,15H2,1-2H3. The van der Waals surface area contributed by atoms with E-state index in [1.165, 1.54) is 16.4 Å². The van der Waals surface area contributed by atoms with Gasteiger partial charge in [-0.05, 0) is 24.3 Å². The molecule has 2 heterocycles. The van der Waals surface area contributed by atoms with Crippen molar-refractivity contribution < 1.29 is 9.15 Å². The van der Waals surface area contributed by atoms with E-state index in [2.05, 4.69) is 20.4 Å². The molecule has 0 radical (unpaired) electrons. The van der Waals surface area contributed by atoms with Crippen molar-refractivity contribution in [1.29, 1.82) is 0 Å². The van der Waals surface area contributed by atoms with Crippen LogP contribution in [-0.2, 0) is 12.2 Å². The summed E-state index contributed by atoms with van der Waals surface area (Å²) in [4.78, 5) is 0. The molecule has 0 amide bonds. The van der Waals surface area contributed by atoms with Crippen molar-refractivity contribution in [3.63, 3.8) is 0 Å². The minimum Gasteiger partial charge on any atom is -0.497 e. The van der Waals surface area contributed by atoms with Gasteiger partial charge < -0.3 is 15.0 Å². The summed E-state index contributed by atoms with van der Waals surface area (Å²) in [6.45, 7) is 1.96. The summed E-state index contributed by atoms with van der Waals surface area (Å²) in [5, 5.41) is 16.7. The highest BCUT2D eigenvalue weighted by atomic mass is 32.2. The molecule has 2 aromatic heterocycles. The molecule has 1 aromatic carbocycles. The van der Waals surface area contributed by atoms with Crippen LogP contribution in [0.15, 0.2) is 33.8 Å². The molecule has 23 heavy (non-hydrogen) atoms. The highest BCUT2D eigenvalue weighted by Gasteiger charge is 2.14. The summed E-state index contributed by atoms with van der Waals surface area (Å²) in [5.74, 6) is 9.08. The summed E-state index contributed by atoms with van der Waals surface area (Å²) >= 11 is 1.39. The van der Waals surface area contributed by atoms with E-state index in [4.69, 9.17) is 15.0 Å². The quantitative estimate of drug-likeness (QED) is 0.539. The monoisotopic (exact) mass is 332 g/mol. The Kier molecular flexibility index (Phi) is 4.47. The van der Waals surface area contributed by atoms with Crippen LogP contribution < -0.4 is 10.6 Å². The van der Waals surface area contributed by atoms with Gasteiger partial charge in [-0.25, -0.2) is 4.68 Å². The summed E-state index contributed by atoms with van der Waals surface area (Å²) in [5.41, 5.74) is 0.860. The van der Waals surface area contributed by atoms with Crippen molar-refractivity contribution in [3.05, 3.63) is 36.0 Å². The van der Waals surface area contributed by atoms with Gasteiger partial charge in [0.05, 0.1) is 12.9 Å². The molecule has 0 fully saturated rings. The summed E-state index contributed by atoms with van der Waals surface area (Å²) in [6, 6.07) is 7.46. The minimum atomic E-state index is 0.491. The number of aromatic nitrogens is 5. The molecule has 0 spiro atoms. The van der Waals surface area contributed by atoms with Crippen LogP contribution >= 0.6 is 11.8 Å². The Hall–Kier alpha value is -2.55. The van der Waals surface area contributed by atoms with Crippen LogP contribution in [0.25, 0.3) is 11.4 Å². The van der Waals surface area contributed by atoms with Crippen LogP contribution in [0.1, 0.15) is 18.7 Å². The number of hydrogen-bond acceptors (Lipinski definition) is 8. The number of rotatable bonds is 6. The molecule has 3 aromatic rings. The van der Waals surface area contributed by atoms with Crippen LogP contribution in [0.5, 0.6) is 5.75 Å². The molecule has 9 heteroatoms. The van der Waals surface area contributed by atoms with E-state index in [9.17, 15) is 0 Å². The van der Waals surface area contributed by atoms with E-state index in [0.717, 1.165) is 11.3 Å². The number of benzene rings is 1. The Morgan fingerprint density at radius 1 is 1.13 bits per heavy atom. The second kappa shape index (κ2) is 6.69. The van der Waals surface area contributed by atoms with E-state index in [-0.39, 0.29) is 0 Å². The first-order valence-corrected chi connectivity index (χ1v) is 7.98. The third-order valence-corrected chi connectivity index (χ3v) is 4.08. The molecule has 0 atom stereocenters. The van der Waals surface area contributed by atoms with Crippen LogP contribution in [0, 0.1) is 0 Å². The van der Waals surface area contributed by atoms with E-state index in [1.807, 2.05) is 31.2 Å². The molecule has 0 aliphatic rings. The number of hydrogen-bond donors (Lipinski definition) is 1. The fourth-order valence-corrected chi connectivity index (χ4v) is 2.62. The molecular weight excluding hydrogens is 316 g/mol. The van der Waals surface area contributed by atoms with Gasteiger partial charge in [0.1, 0.15) is 5.75 Å². The maximum Gasteiger partial charge on any atom is 0.226 e. The number of nitrogen functional groups attached to an aromatic ring is 1. The Labute approximate surface area is 137 Å². The highest BCUT2D eigenvalue weighted by molar-refractivity contribution is 7.98. The number of ether oxygens (including phenoxy) is 1. The predicted molar refractivity (Wildman–Crippen MR) is 85.4 cm³/mol. The number of nitrogens with two attached hydrogens (primary N) is 1. The summed E-state index contributed by atoms with van der Waals surface area (Å²) in [7, 11) is 1.62. The number of thioether (sulfide) groups is 1. The lowest BCUT2D eigenvalue weighted by atomic mass is 10.2. The maximum absolute atomic E-state index is 6.07. The molecule has 120 valence electrons. The summed E-state index contributed by atoms with van der Waals surface area (Å²) in [6.07, 6.45) is 0.715. The Morgan fingerprint density at radius 2 is 1.87 bits per heavy atom. The fourth-order valence-electron chi connectivity index (χ4n) is 1.93. The second-order valence-electron chi connectivity index (χ2n) is 4.64. The molecule has 3 rings (SSSR count). The van der Waals surface area contributed by atoms with Gasteiger partial charge in [0.15, 0.2) is 5.82 Å². The molecular formula is C14H16N6O2S. The van der Waals surface area contributed by atoms with Crippen molar-refractivity contribution in [3.8, 4) is 17.1 Å². The van der Waals surface area contributed by atoms with E-state index in [1.54, 1.807) is 7.11 Å². The van der Waals surface area contributed by atoms with Gasteiger partial charge in [-0.3, -0.25) is 0 Å². The second-order valence-corrected chi connectivity index (χ2v) is 5.58. The molecule has 0 aliphatic carbocycles. The Morgan fingerprint density at radius 3 is 2.52 bits per heavy atom. The van der Waals surface area contributed by atoms with E-state index < -0.39 is 0 Å². The molecule has 0 bridgehead atoms. The normalized spacial score (nSPS) is 10.9. The predicted octanol–water partition coefficient (Wildman–Crippen LogP) is 1.91. The van der Waals surface area contributed by atoms with Crippen molar-refractivity contribution >= 4 is 11.8 Å². The van der Waals surface area contributed by atoms with Crippen LogP contribution in [0.3, 0.4) is 0 Å². The average molecular weight is 332 g/mol. The lowest BCUT2D eigenvalue weighted by Crippen LogP contribution is -2.11.